The van der Waals surface area contributed by atoms with E-state index in [2.05, 4.69) is 5.32 Å². The Morgan fingerprint density at radius 1 is 1.00 bits per heavy atom. The van der Waals surface area contributed by atoms with Crippen LogP contribution in [0.25, 0.3) is 0 Å². The van der Waals surface area contributed by atoms with Crippen LogP contribution in [0.3, 0.4) is 0 Å². The van der Waals surface area contributed by atoms with Crippen LogP contribution in [0.1, 0.15) is 31.4 Å². The molecule has 41 heavy (non-hydrogen) atoms. The van der Waals surface area contributed by atoms with Crippen LogP contribution in [0.2, 0.25) is 5.02 Å². The van der Waals surface area contributed by atoms with Crippen LogP contribution < -0.4 is 19.1 Å². The number of hydrogen-bond donors (Lipinski definition) is 1. The van der Waals surface area contributed by atoms with E-state index in [9.17, 15) is 18.0 Å². The molecule has 0 aliphatic heterocycles. The predicted molar refractivity (Wildman–Crippen MR) is 160 cm³/mol. The number of hydrogen-bond acceptors (Lipinski definition) is 6. The van der Waals surface area contributed by atoms with E-state index in [0.717, 1.165) is 16.3 Å². The van der Waals surface area contributed by atoms with Crippen molar-refractivity contribution in [3.8, 4) is 11.5 Å². The number of ether oxygens (including phenoxy) is 2. The molecule has 2 amide bonds. The fourth-order valence-electron chi connectivity index (χ4n) is 4.15. The normalized spacial score (nSPS) is 11.9. The van der Waals surface area contributed by atoms with E-state index < -0.39 is 28.5 Å². The van der Waals surface area contributed by atoms with Crippen molar-refractivity contribution in [3.05, 3.63) is 82.9 Å². The third-order valence-electron chi connectivity index (χ3n) is 6.50. The lowest BCUT2D eigenvalue weighted by atomic mass is 10.1. The van der Waals surface area contributed by atoms with Crippen LogP contribution in [0.4, 0.5) is 5.69 Å². The maximum Gasteiger partial charge on any atom is 0.264 e. The number of rotatable bonds is 13. The van der Waals surface area contributed by atoms with Crippen molar-refractivity contribution in [3.63, 3.8) is 0 Å². The monoisotopic (exact) mass is 601 g/mol. The van der Waals surface area contributed by atoms with Gasteiger partial charge in [0.15, 0.2) is 0 Å². The van der Waals surface area contributed by atoms with Gasteiger partial charge in [-0.25, -0.2) is 8.42 Å². The van der Waals surface area contributed by atoms with Gasteiger partial charge in [0, 0.05) is 18.1 Å². The summed E-state index contributed by atoms with van der Waals surface area (Å²) in [4.78, 5) is 28.4. The number of benzene rings is 3. The minimum Gasteiger partial charge on any atom is -0.497 e. The number of halogens is 1. The quantitative estimate of drug-likeness (QED) is 0.302. The molecule has 0 aromatic heterocycles. The maximum absolute atomic E-state index is 14.1. The number of aryl methyl sites for hydroxylation is 1. The number of sulfonamides is 1. The lowest BCUT2D eigenvalue weighted by molar-refractivity contribution is -0.139. The average Bonchev–Trinajstić information content (AvgIpc) is 2.97. The van der Waals surface area contributed by atoms with Crippen molar-refractivity contribution in [2.24, 2.45) is 0 Å². The molecule has 0 saturated carbocycles. The topological polar surface area (TPSA) is 105 Å². The second kappa shape index (κ2) is 14.2. The molecule has 3 rings (SSSR count). The van der Waals surface area contributed by atoms with Gasteiger partial charge in [-0.05, 0) is 68.3 Å². The van der Waals surface area contributed by atoms with E-state index in [-0.39, 0.29) is 33.8 Å². The van der Waals surface area contributed by atoms with Crippen molar-refractivity contribution in [1.29, 1.82) is 0 Å². The summed E-state index contributed by atoms with van der Waals surface area (Å²) < 4.78 is 39.8. The fraction of sp³-hybridized carbons (Fsp3) is 0.333. The molecule has 3 aromatic rings. The molecule has 0 heterocycles. The summed E-state index contributed by atoms with van der Waals surface area (Å²) >= 11 is 6.27. The molecule has 0 aliphatic rings. The van der Waals surface area contributed by atoms with Gasteiger partial charge in [0.05, 0.1) is 24.8 Å². The number of anilines is 1. The van der Waals surface area contributed by atoms with E-state index in [1.807, 2.05) is 13.8 Å². The Hall–Kier alpha value is -3.76. The molecule has 0 radical (unpaired) electrons. The van der Waals surface area contributed by atoms with Crippen molar-refractivity contribution >= 4 is 39.1 Å². The Kier molecular flexibility index (Phi) is 11.0. The summed E-state index contributed by atoms with van der Waals surface area (Å²) in [6.07, 6.45) is 0.722. The molecule has 220 valence electrons. The number of nitrogens with zero attached hydrogens (tertiary/aromatic N) is 2. The minimum absolute atomic E-state index is 0.00832. The lowest BCUT2D eigenvalue weighted by Gasteiger charge is -2.32. The van der Waals surface area contributed by atoms with Gasteiger partial charge in [-0.3, -0.25) is 13.9 Å². The highest BCUT2D eigenvalue weighted by atomic mass is 35.5. The molecule has 0 aliphatic carbocycles. The van der Waals surface area contributed by atoms with Gasteiger partial charge in [-0.15, -0.1) is 0 Å². The van der Waals surface area contributed by atoms with Crippen LogP contribution in [0.15, 0.2) is 71.6 Å². The fourth-order valence-corrected chi connectivity index (χ4v) is 5.74. The van der Waals surface area contributed by atoms with E-state index in [0.29, 0.717) is 17.9 Å². The molecular weight excluding hydrogens is 566 g/mol. The standard InChI is InChI=1S/C30H36ClN3O6S/c1-6-16-32-30(36)22(3)33(19-23-8-7-9-25(17-23)39-4)29(35)20-34(27-18-24(31)12-15-28(27)40-5)41(37,38)26-13-10-21(2)11-14-26/h7-15,17-18,22H,6,16,19-20H2,1-5H3,(H,32,36)/t22-/m0/s1. The first-order valence-corrected chi connectivity index (χ1v) is 15.0. The summed E-state index contributed by atoms with van der Waals surface area (Å²) in [5, 5.41) is 3.08. The summed E-state index contributed by atoms with van der Waals surface area (Å²) in [7, 11) is -1.33. The molecule has 11 heteroatoms. The van der Waals surface area contributed by atoms with Crippen LogP contribution >= 0.6 is 11.6 Å². The number of carbonyl (C=O) groups is 2. The summed E-state index contributed by atoms with van der Waals surface area (Å²) in [6, 6.07) is 17.1. The third-order valence-corrected chi connectivity index (χ3v) is 8.51. The Labute approximate surface area is 247 Å². The summed E-state index contributed by atoms with van der Waals surface area (Å²) in [5.74, 6) is -0.141. The van der Waals surface area contributed by atoms with Crippen molar-refractivity contribution in [1.82, 2.24) is 10.2 Å². The second-order valence-electron chi connectivity index (χ2n) is 9.48. The zero-order valence-corrected chi connectivity index (χ0v) is 25.5. The molecule has 9 nitrogen and oxygen atoms in total. The highest BCUT2D eigenvalue weighted by molar-refractivity contribution is 7.92. The molecule has 0 fully saturated rings. The summed E-state index contributed by atoms with van der Waals surface area (Å²) in [6.45, 7) is 5.26. The van der Waals surface area contributed by atoms with Gasteiger partial charge in [0.1, 0.15) is 24.1 Å². The maximum atomic E-state index is 14.1. The van der Waals surface area contributed by atoms with Gasteiger partial charge in [0.2, 0.25) is 11.8 Å². The van der Waals surface area contributed by atoms with Crippen LogP contribution in [-0.2, 0) is 26.2 Å². The Morgan fingerprint density at radius 3 is 2.34 bits per heavy atom. The molecule has 1 atom stereocenters. The molecular formula is C30H36ClN3O6S. The molecule has 0 saturated heterocycles. The Balaban J connectivity index is 2.10. The highest BCUT2D eigenvalue weighted by Gasteiger charge is 2.34. The first kappa shape index (κ1) is 31.8. The van der Waals surface area contributed by atoms with Gasteiger partial charge in [-0.2, -0.15) is 0 Å². The lowest BCUT2D eigenvalue weighted by Crippen LogP contribution is -2.51. The average molecular weight is 602 g/mol. The largest absolute Gasteiger partial charge is 0.497 e. The van der Waals surface area contributed by atoms with Gasteiger partial charge in [0.25, 0.3) is 10.0 Å². The van der Waals surface area contributed by atoms with Gasteiger partial charge >= 0.3 is 0 Å². The molecule has 0 bridgehead atoms. The Morgan fingerprint density at radius 2 is 1.71 bits per heavy atom. The van der Waals surface area contributed by atoms with E-state index in [4.69, 9.17) is 21.1 Å². The van der Waals surface area contributed by atoms with Crippen LogP contribution in [0, 0.1) is 6.92 Å². The molecule has 1 N–H and O–H groups in total. The predicted octanol–water partition coefficient (Wildman–Crippen LogP) is 4.80. The zero-order chi connectivity index (χ0) is 30.2. The van der Waals surface area contributed by atoms with Crippen LogP contribution in [0.5, 0.6) is 11.5 Å². The number of amides is 2. The van der Waals surface area contributed by atoms with E-state index in [1.54, 1.807) is 49.4 Å². The number of carbonyl (C=O) groups excluding carboxylic acids is 2. The number of methoxy groups -OCH3 is 2. The second-order valence-corrected chi connectivity index (χ2v) is 11.8. The zero-order valence-electron chi connectivity index (χ0n) is 23.9. The van der Waals surface area contributed by atoms with Crippen molar-refractivity contribution in [2.45, 2.75) is 44.7 Å². The first-order chi connectivity index (χ1) is 19.5. The minimum atomic E-state index is -4.27. The van der Waals surface area contributed by atoms with Crippen LogP contribution in [-0.4, -0.2) is 58.5 Å². The third kappa shape index (κ3) is 7.92. The van der Waals surface area contributed by atoms with Crippen molar-refractivity contribution < 1.29 is 27.5 Å². The summed E-state index contributed by atoms with van der Waals surface area (Å²) in [5.41, 5.74) is 1.68. The highest BCUT2D eigenvalue weighted by Crippen LogP contribution is 2.35. The first-order valence-electron chi connectivity index (χ1n) is 13.1. The molecule has 3 aromatic carbocycles. The van der Waals surface area contributed by atoms with E-state index in [1.165, 1.54) is 43.4 Å². The van der Waals surface area contributed by atoms with Gasteiger partial charge < -0.3 is 19.7 Å². The smallest absolute Gasteiger partial charge is 0.264 e. The van der Waals surface area contributed by atoms with E-state index >= 15 is 0 Å². The van der Waals surface area contributed by atoms with Gasteiger partial charge in [-0.1, -0.05) is 48.4 Å². The van der Waals surface area contributed by atoms with Crippen molar-refractivity contribution in [2.75, 3.05) is 31.6 Å². The molecule has 0 unspecified atom stereocenters. The Bertz CT molecular complexity index is 1460. The SMILES string of the molecule is CCCNC(=O)[C@H](C)N(Cc1cccc(OC)c1)C(=O)CN(c1cc(Cl)ccc1OC)S(=O)(=O)c1ccc(C)cc1. The number of nitrogens with one attached hydrogen (secondary N) is 1. The molecule has 0 spiro atoms.